The van der Waals surface area contributed by atoms with Crippen molar-refractivity contribution in [3.05, 3.63) is 29.0 Å². The number of hydrogen-bond acceptors (Lipinski definition) is 3. The van der Waals surface area contributed by atoms with Gasteiger partial charge in [0.05, 0.1) is 11.2 Å². The first kappa shape index (κ1) is 11.0. The van der Waals surface area contributed by atoms with Crippen molar-refractivity contribution in [3.8, 4) is 0 Å². The van der Waals surface area contributed by atoms with Gasteiger partial charge in [0.15, 0.2) is 0 Å². The molecule has 17 heavy (non-hydrogen) atoms. The molecular formula is C13H14BrN3. The highest BCUT2D eigenvalue weighted by Gasteiger charge is 2.14. The SMILES string of the molecule is Brc1cnc2c(N3CCCCC3)ccnc2c1. The molecule has 1 aliphatic rings. The Morgan fingerprint density at radius 3 is 2.76 bits per heavy atom. The molecule has 0 amide bonds. The van der Waals surface area contributed by atoms with Crippen molar-refractivity contribution in [3.63, 3.8) is 0 Å². The standard InChI is InChI=1S/C13H14BrN3/c14-10-8-11-13(16-9-10)12(4-5-15-11)17-6-2-1-3-7-17/h4-5,8-9H,1-3,6-7H2. The highest BCUT2D eigenvalue weighted by Crippen LogP contribution is 2.27. The smallest absolute Gasteiger partial charge is 0.112 e. The van der Waals surface area contributed by atoms with E-state index < -0.39 is 0 Å². The molecule has 0 N–H and O–H groups in total. The van der Waals surface area contributed by atoms with Gasteiger partial charge in [0.1, 0.15) is 5.52 Å². The van der Waals surface area contributed by atoms with Crippen molar-refractivity contribution in [2.75, 3.05) is 18.0 Å². The number of fused-ring (bicyclic) bond motifs is 1. The Bertz CT molecular complexity index is 535. The number of anilines is 1. The minimum absolute atomic E-state index is 0.961. The summed E-state index contributed by atoms with van der Waals surface area (Å²) in [7, 11) is 0. The van der Waals surface area contributed by atoms with Crippen LogP contribution < -0.4 is 4.90 Å². The first-order valence-corrected chi connectivity index (χ1v) is 6.79. The van der Waals surface area contributed by atoms with Gasteiger partial charge in [0.2, 0.25) is 0 Å². The van der Waals surface area contributed by atoms with E-state index >= 15 is 0 Å². The van der Waals surface area contributed by atoms with Crippen molar-refractivity contribution < 1.29 is 0 Å². The van der Waals surface area contributed by atoms with Gasteiger partial charge in [-0.1, -0.05) is 0 Å². The van der Waals surface area contributed by atoms with Crippen LogP contribution in [0.3, 0.4) is 0 Å². The largest absolute Gasteiger partial charge is 0.370 e. The van der Waals surface area contributed by atoms with Crippen LogP contribution in [0.1, 0.15) is 19.3 Å². The molecule has 0 aromatic carbocycles. The molecule has 0 atom stereocenters. The van der Waals surface area contributed by atoms with Gasteiger partial charge in [-0.15, -0.1) is 0 Å². The fourth-order valence-electron chi connectivity index (χ4n) is 2.38. The Kier molecular flexibility index (Phi) is 2.97. The highest BCUT2D eigenvalue weighted by molar-refractivity contribution is 9.10. The molecular weight excluding hydrogens is 278 g/mol. The zero-order valence-electron chi connectivity index (χ0n) is 9.56. The average molecular weight is 292 g/mol. The van der Waals surface area contributed by atoms with Crippen LogP contribution in [0, 0.1) is 0 Å². The molecule has 1 fully saturated rings. The van der Waals surface area contributed by atoms with Gasteiger partial charge in [0, 0.05) is 30.0 Å². The van der Waals surface area contributed by atoms with Crippen LogP contribution in [0.5, 0.6) is 0 Å². The van der Waals surface area contributed by atoms with Crippen molar-refractivity contribution in [1.82, 2.24) is 9.97 Å². The van der Waals surface area contributed by atoms with E-state index in [0.717, 1.165) is 28.6 Å². The minimum Gasteiger partial charge on any atom is -0.370 e. The Morgan fingerprint density at radius 2 is 1.94 bits per heavy atom. The summed E-state index contributed by atoms with van der Waals surface area (Å²) in [6, 6.07) is 4.10. The second kappa shape index (κ2) is 4.61. The van der Waals surface area contributed by atoms with Gasteiger partial charge >= 0.3 is 0 Å². The third kappa shape index (κ3) is 2.14. The Labute approximate surface area is 109 Å². The summed E-state index contributed by atoms with van der Waals surface area (Å²) in [6.45, 7) is 2.27. The van der Waals surface area contributed by atoms with E-state index in [1.807, 2.05) is 18.5 Å². The molecule has 3 nitrogen and oxygen atoms in total. The van der Waals surface area contributed by atoms with Crippen LogP contribution in [-0.2, 0) is 0 Å². The summed E-state index contributed by atoms with van der Waals surface area (Å²) < 4.78 is 0.980. The summed E-state index contributed by atoms with van der Waals surface area (Å²) in [5, 5.41) is 0. The molecule has 2 aromatic rings. The average Bonchev–Trinajstić information content (AvgIpc) is 2.39. The second-order valence-corrected chi connectivity index (χ2v) is 5.31. The molecule has 1 aliphatic heterocycles. The van der Waals surface area contributed by atoms with Gasteiger partial charge in [-0.3, -0.25) is 9.97 Å². The fraction of sp³-hybridized carbons (Fsp3) is 0.385. The molecule has 88 valence electrons. The molecule has 0 spiro atoms. The van der Waals surface area contributed by atoms with E-state index in [-0.39, 0.29) is 0 Å². The number of hydrogen-bond donors (Lipinski definition) is 0. The van der Waals surface area contributed by atoms with Crippen LogP contribution >= 0.6 is 15.9 Å². The van der Waals surface area contributed by atoms with Crippen LogP contribution in [0.15, 0.2) is 29.0 Å². The van der Waals surface area contributed by atoms with E-state index in [4.69, 9.17) is 0 Å². The lowest BCUT2D eigenvalue weighted by Gasteiger charge is -2.29. The number of aromatic nitrogens is 2. The quantitative estimate of drug-likeness (QED) is 0.807. The fourth-order valence-corrected chi connectivity index (χ4v) is 2.70. The number of nitrogens with zero attached hydrogens (tertiary/aromatic N) is 3. The number of halogens is 1. The van der Waals surface area contributed by atoms with E-state index in [2.05, 4.69) is 36.9 Å². The molecule has 0 saturated carbocycles. The number of rotatable bonds is 1. The van der Waals surface area contributed by atoms with Crippen LogP contribution in [0.25, 0.3) is 11.0 Å². The van der Waals surface area contributed by atoms with Gasteiger partial charge in [0.25, 0.3) is 0 Å². The Morgan fingerprint density at radius 1 is 1.12 bits per heavy atom. The van der Waals surface area contributed by atoms with Crippen LogP contribution in [0.4, 0.5) is 5.69 Å². The lowest BCUT2D eigenvalue weighted by Crippen LogP contribution is -2.29. The van der Waals surface area contributed by atoms with Gasteiger partial charge < -0.3 is 4.90 Å². The molecule has 0 radical (unpaired) electrons. The molecule has 0 bridgehead atoms. The summed E-state index contributed by atoms with van der Waals surface area (Å²) in [6.07, 6.45) is 7.62. The van der Waals surface area contributed by atoms with Crippen molar-refractivity contribution in [1.29, 1.82) is 0 Å². The number of pyridine rings is 2. The van der Waals surface area contributed by atoms with Gasteiger partial charge in [-0.2, -0.15) is 0 Å². The van der Waals surface area contributed by atoms with Crippen LogP contribution in [-0.4, -0.2) is 23.1 Å². The Hall–Kier alpha value is -1.16. The third-order valence-corrected chi connectivity index (χ3v) is 3.65. The Balaban J connectivity index is 2.09. The molecule has 3 rings (SSSR count). The van der Waals surface area contributed by atoms with Crippen LogP contribution in [0.2, 0.25) is 0 Å². The molecule has 0 unspecified atom stereocenters. The van der Waals surface area contributed by atoms with E-state index in [9.17, 15) is 0 Å². The predicted octanol–water partition coefficient (Wildman–Crippen LogP) is 3.38. The number of piperidine rings is 1. The highest BCUT2D eigenvalue weighted by atomic mass is 79.9. The van der Waals surface area contributed by atoms with E-state index in [1.54, 1.807) is 0 Å². The topological polar surface area (TPSA) is 29.0 Å². The summed E-state index contributed by atoms with van der Waals surface area (Å²) >= 11 is 3.44. The van der Waals surface area contributed by atoms with Crippen molar-refractivity contribution in [2.24, 2.45) is 0 Å². The normalized spacial score (nSPS) is 16.4. The predicted molar refractivity (Wildman–Crippen MR) is 73.3 cm³/mol. The lowest BCUT2D eigenvalue weighted by atomic mass is 10.1. The maximum absolute atomic E-state index is 4.50. The maximum atomic E-state index is 4.50. The summed E-state index contributed by atoms with van der Waals surface area (Å²) in [4.78, 5) is 11.3. The second-order valence-electron chi connectivity index (χ2n) is 4.40. The summed E-state index contributed by atoms with van der Waals surface area (Å²) in [5.41, 5.74) is 3.20. The molecule has 2 aromatic heterocycles. The van der Waals surface area contributed by atoms with E-state index in [0.29, 0.717) is 0 Å². The first-order chi connectivity index (χ1) is 8.34. The van der Waals surface area contributed by atoms with Crippen molar-refractivity contribution in [2.45, 2.75) is 19.3 Å². The first-order valence-electron chi connectivity index (χ1n) is 6.00. The molecule has 3 heterocycles. The zero-order chi connectivity index (χ0) is 11.7. The lowest BCUT2D eigenvalue weighted by molar-refractivity contribution is 0.578. The van der Waals surface area contributed by atoms with Gasteiger partial charge in [-0.25, -0.2) is 0 Å². The minimum atomic E-state index is 0.961. The molecule has 4 heteroatoms. The molecule has 0 aliphatic carbocycles. The zero-order valence-corrected chi connectivity index (χ0v) is 11.2. The van der Waals surface area contributed by atoms with Crippen molar-refractivity contribution >= 4 is 32.7 Å². The maximum Gasteiger partial charge on any atom is 0.112 e. The van der Waals surface area contributed by atoms with E-state index in [1.165, 1.54) is 24.9 Å². The summed E-state index contributed by atoms with van der Waals surface area (Å²) in [5.74, 6) is 0. The molecule has 1 saturated heterocycles. The van der Waals surface area contributed by atoms with Gasteiger partial charge in [-0.05, 0) is 47.3 Å². The monoisotopic (exact) mass is 291 g/mol. The third-order valence-electron chi connectivity index (χ3n) is 3.22.